The number of amides is 1. The number of ether oxygens (including phenoxy) is 2. The second-order valence-corrected chi connectivity index (χ2v) is 20.6. The van der Waals surface area contributed by atoms with Crippen molar-refractivity contribution >= 4 is 17.8 Å². The van der Waals surface area contributed by atoms with E-state index in [-0.39, 0.29) is 11.9 Å². The van der Waals surface area contributed by atoms with Crippen molar-refractivity contribution in [1.82, 2.24) is 4.90 Å². The Bertz CT molecular complexity index is 971. The summed E-state index contributed by atoms with van der Waals surface area (Å²) in [6.07, 6.45) is 49.1. The predicted molar refractivity (Wildman–Crippen MR) is 293 cm³/mol. The number of carbonyl (C=O) groups excluding carboxylic acids is 3. The summed E-state index contributed by atoms with van der Waals surface area (Å²) in [7, 11) is 0. The summed E-state index contributed by atoms with van der Waals surface area (Å²) in [5.41, 5.74) is 0. The largest absolute Gasteiger partial charge is 0.465 e. The zero-order chi connectivity index (χ0) is 49.9. The van der Waals surface area contributed by atoms with Gasteiger partial charge in [0.2, 0.25) is 5.91 Å². The Morgan fingerprint density at radius 2 is 0.597 bits per heavy atom. The molecule has 0 aromatic heterocycles. The van der Waals surface area contributed by atoms with Gasteiger partial charge >= 0.3 is 11.9 Å². The normalized spacial score (nSPS) is 12.7. The smallest absolute Gasteiger partial charge is 0.305 e. The minimum atomic E-state index is -0.00288. The summed E-state index contributed by atoms with van der Waals surface area (Å²) in [5.74, 6) is 1.46. The van der Waals surface area contributed by atoms with Crippen molar-refractivity contribution in [3.05, 3.63) is 0 Å². The number of hydrogen-bond acceptors (Lipinski definition) is 5. The molecule has 0 aliphatic carbocycles. The van der Waals surface area contributed by atoms with E-state index in [1.54, 1.807) is 0 Å². The van der Waals surface area contributed by atoms with Gasteiger partial charge in [-0.2, -0.15) is 0 Å². The lowest BCUT2D eigenvalue weighted by Gasteiger charge is -2.39. The minimum absolute atomic E-state index is 0.00288. The molecule has 0 aromatic rings. The minimum Gasteiger partial charge on any atom is -0.465 e. The second-order valence-electron chi connectivity index (χ2n) is 20.6. The Hall–Kier alpha value is -1.59. The van der Waals surface area contributed by atoms with E-state index in [0.717, 1.165) is 70.6 Å². The van der Waals surface area contributed by atoms with Gasteiger partial charge in [-0.25, -0.2) is 0 Å². The molecule has 0 aromatic carbocycles. The van der Waals surface area contributed by atoms with E-state index < -0.39 is 0 Å². The van der Waals surface area contributed by atoms with Gasteiger partial charge < -0.3 is 14.4 Å². The van der Waals surface area contributed by atoms with Crippen LogP contribution in [0.25, 0.3) is 0 Å². The molecule has 0 aliphatic heterocycles. The van der Waals surface area contributed by atoms with Crippen molar-refractivity contribution in [2.45, 2.75) is 350 Å². The van der Waals surface area contributed by atoms with Crippen LogP contribution < -0.4 is 0 Å². The van der Waals surface area contributed by atoms with Gasteiger partial charge in [-0.3, -0.25) is 14.4 Å². The van der Waals surface area contributed by atoms with Crippen molar-refractivity contribution in [3.63, 3.8) is 0 Å². The first kappa shape index (κ1) is 67.5. The van der Waals surface area contributed by atoms with Crippen LogP contribution in [0.4, 0.5) is 0 Å². The topological polar surface area (TPSA) is 72.9 Å². The Labute approximate surface area is 420 Å². The molecular weight excluding hydrogens is 827 g/mol. The van der Waals surface area contributed by atoms with Crippen LogP contribution in [-0.4, -0.2) is 48.0 Å². The maximum atomic E-state index is 14.2. The van der Waals surface area contributed by atoms with Gasteiger partial charge in [-0.05, 0) is 82.5 Å². The van der Waals surface area contributed by atoms with Crippen LogP contribution in [0.1, 0.15) is 338 Å². The Morgan fingerprint density at radius 1 is 0.313 bits per heavy atom. The summed E-state index contributed by atoms with van der Waals surface area (Å²) in [6, 6.07) is 0.684. The third kappa shape index (κ3) is 43.0. The van der Waals surface area contributed by atoms with E-state index in [0.29, 0.717) is 62.3 Å². The summed E-state index contributed by atoms with van der Waals surface area (Å²) in [6.45, 7) is 21.1. The van der Waals surface area contributed by atoms with Gasteiger partial charge in [0, 0.05) is 31.3 Å². The third-order valence-electron chi connectivity index (χ3n) is 14.2. The first-order chi connectivity index (χ1) is 32.8. The quantitative estimate of drug-likeness (QED) is 0.0449. The van der Waals surface area contributed by atoms with Crippen LogP contribution in [-0.2, 0) is 23.9 Å². The van der Waals surface area contributed by atoms with E-state index in [9.17, 15) is 14.4 Å². The van der Waals surface area contributed by atoms with Crippen molar-refractivity contribution in [2.75, 3.05) is 13.2 Å². The zero-order valence-corrected chi connectivity index (χ0v) is 47.1. The van der Waals surface area contributed by atoms with E-state index in [1.165, 1.54) is 186 Å². The summed E-state index contributed by atoms with van der Waals surface area (Å²) in [4.78, 5) is 41.9. The van der Waals surface area contributed by atoms with Gasteiger partial charge in [0.1, 0.15) is 0 Å². The van der Waals surface area contributed by atoms with Crippen molar-refractivity contribution in [2.24, 2.45) is 11.8 Å². The van der Waals surface area contributed by atoms with E-state index in [1.807, 2.05) is 13.8 Å². The fourth-order valence-corrected chi connectivity index (χ4v) is 10.0. The highest BCUT2D eigenvalue weighted by Crippen LogP contribution is 2.27. The highest BCUT2D eigenvalue weighted by molar-refractivity contribution is 5.77. The summed E-state index contributed by atoms with van der Waals surface area (Å²) in [5, 5.41) is 0. The van der Waals surface area contributed by atoms with E-state index >= 15 is 0 Å². The van der Waals surface area contributed by atoms with Crippen LogP contribution in [0, 0.1) is 11.8 Å². The number of esters is 2. The highest BCUT2D eigenvalue weighted by atomic mass is 16.5. The Kier molecular flexibility index (Phi) is 54.1. The van der Waals surface area contributed by atoms with Gasteiger partial charge in [-0.15, -0.1) is 0 Å². The molecule has 0 fully saturated rings. The Morgan fingerprint density at radius 3 is 0.970 bits per heavy atom. The first-order valence-electron chi connectivity index (χ1n) is 30.4. The maximum absolute atomic E-state index is 14.2. The van der Waals surface area contributed by atoms with Crippen LogP contribution in [0.3, 0.4) is 0 Å². The molecular formula is C61H121NO5. The van der Waals surface area contributed by atoms with Gasteiger partial charge in [0.15, 0.2) is 0 Å². The monoisotopic (exact) mass is 948 g/mol. The molecule has 0 aliphatic rings. The van der Waals surface area contributed by atoms with Gasteiger partial charge in [0.25, 0.3) is 0 Å². The first-order valence-corrected chi connectivity index (χ1v) is 30.4. The van der Waals surface area contributed by atoms with Crippen molar-refractivity contribution in [3.8, 4) is 0 Å². The molecule has 2 atom stereocenters. The molecule has 67 heavy (non-hydrogen) atoms. The Balaban J connectivity index is 0. The van der Waals surface area contributed by atoms with Gasteiger partial charge in [0.05, 0.1) is 13.2 Å². The second kappa shape index (κ2) is 53.8. The maximum Gasteiger partial charge on any atom is 0.305 e. The molecule has 0 saturated carbocycles. The fourth-order valence-electron chi connectivity index (χ4n) is 10.0. The average molecular weight is 949 g/mol. The number of rotatable bonds is 51. The number of carbonyl (C=O) groups is 3. The van der Waals surface area contributed by atoms with Crippen LogP contribution in [0.15, 0.2) is 0 Å². The van der Waals surface area contributed by atoms with Crippen LogP contribution in [0.2, 0.25) is 0 Å². The van der Waals surface area contributed by atoms with Crippen molar-refractivity contribution < 1.29 is 23.9 Å². The molecule has 400 valence electrons. The summed E-state index contributed by atoms with van der Waals surface area (Å²) >= 11 is 0. The zero-order valence-electron chi connectivity index (χ0n) is 47.1. The lowest BCUT2D eigenvalue weighted by atomic mass is 9.94. The average Bonchev–Trinajstić information content (AvgIpc) is 3.33. The van der Waals surface area contributed by atoms with Gasteiger partial charge in [-0.1, -0.05) is 249 Å². The predicted octanol–water partition coefficient (Wildman–Crippen LogP) is 19.8. The molecule has 0 bridgehead atoms. The van der Waals surface area contributed by atoms with Crippen LogP contribution in [0.5, 0.6) is 0 Å². The highest BCUT2D eigenvalue weighted by Gasteiger charge is 2.29. The number of hydrogen-bond donors (Lipinski definition) is 0. The summed E-state index contributed by atoms with van der Waals surface area (Å²) < 4.78 is 11.6. The molecule has 0 heterocycles. The molecule has 0 spiro atoms. The third-order valence-corrected chi connectivity index (χ3v) is 14.2. The number of nitrogens with zero attached hydrogens (tertiary/aromatic N) is 1. The molecule has 0 rings (SSSR count). The standard InChI is InChI=1S/C59H115NO5.C2H6/c1-8-15-20-23-30-37-48-57(61)60(55(40-13-6)41-14-7)56(46-35-28-24-26-31-38-49-58(62)64-51-53(42-18-11-4)44-33-21-16-9-2)47-36-29-25-27-32-39-50-59(63)65-52-54(43-19-12-5)45-34-22-17-10-3;1-2/h53-56H,8-52H2,1-7H3;1-2H3. The number of unbranched alkanes of at least 4 members (excludes halogenated alkanes) is 23. The SMILES string of the molecule is CC.CCCCCCCCC(=O)N(C(CCC)CCC)C(CCCCCCCCC(=O)OCC(CCCC)CCCCCC)CCCCCCCCC(=O)OCC(CCCC)CCCCCC. The lowest BCUT2D eigenvalue weighted by Crippen LogP contribution is -2.47. The molecule has 6 heteroatoms. The lowest BCUT2D eigenvalue weighted by molar-refractivity contribution is -0.146. The molecule has 2 unspecified atom stereocenters. The molecule has 0 N–H and O–H groups in total. The molecule has 6 nitrogen and oxygen atoms in total. The molecule has 0 radical (unpaired) electrons. The molecule has 1 amide bonds. The van der Waals surface area contributed by atoms with Crippen LogP contribution >= 0.6 is 0 Å². The fraction of sp³-hybridized carbons (Fsp3) is 0.951. The molecule has 0 saturated heterocycles. The van der Waals surface area contributed by atoms with Crippen molar-refractivity contribution in [1.29, 1.82) is 0 Å². The van der Waals surface area contributed by atoms with E-state index in [4.69, 9.17) is 9.47 Å². The van der Waals surface area contributed by atoms with E-state index in [2.05, 4.69) is 53.4 Å².